The number of anilines is 2. The lowest BCUT2D eigenvalue weighted by Gasteiger charge is -2.09. The van der Waals surface area contributed by atoms with Crippen LogP contribution in [0.3, 0.4) is 0 Å². The van der Waals surface area contributed by atoms with Crippen LogP contribution in [0.2, 0.25) is 5.02 Å². The fraction of sp³-hybridized carbons (Fsp3) is 0.143. The van der Waals surface area contributed by atoms with Gasteiger partial charge >= 0.3 is 0 Å². The smallest absolute Gasteiger partial charge is 0.180 e. The van der Waals surface area contributed by atoms with Gasteiger partial charge in [0.05, 0.1) is 5.52 Å². The van der Waals surface area contributed by atoms with Crippen molar-refractivity contribution in [1.82, 2.24) is 15.0 Å². The zero-order chi connectivity index (χ0) is 14.3. The summed E-state index contributed by atoms with van der Waals surface area (Å²) in [6.07, 6.45) is 0. The standard InChI is InChI=1S/C14H14ClN5/c1-20(2)12-6-5-11-14(18-12)19-13(17-11)9-7-8(15)3-4-10(9)16/h3-7H,16H2,1-2H3,(H,17,18,19). The van der Waals surface area contributed by atoms with Crippen LogP contribution in [0.5, 0.6) is 0 Å². The Balaban J connectivity index is 2.15. The summed E-state index contributed by atoms with van der Waals surface area (Å²) in [6.45, 7) is 0. The molecule has 0 amide bonds. The molecule has 0 unspecified atom stereocenters. The highest BCUT2D eigenvalue weighted by Crippen LogP contribution is 2.28. The summed E-state index contributed by atoms with van der Waals surface area (Å²) in [5.41, 5.74) is 8.90. The van der Waals surface area contributed by atoms with Crippen molar-refractivity contribution in [3.8, 4) is 11.4 Å². The molecule has 3 aromatic rings. The van der Waals surface area contributed by atoms with E-state index in [4.69, 9.17) is 17.3 Å². The van der Waals surface area contributed by atoms with Crippen LogP contribution in [0.1, 0.15) is 0 Å². The third-order valence-corrected chi connectivity index (χ3v) is 3.29. The molecule has 102 valence electrons. The van der Waals surface area contributed by atoms with Crippen LogP contribution in [0.15, 0.2) is 30.3 Å². The number of aromatic amines is 1. The second-order valence-electron chi connectivity index (χ2n) is 4.75. The van der Waals surface area contributed by atoms with Crippen LogP contribution in [0.25, 0.3) is 22.6 Å². The molecule has 0 aliphatic carbocycles. The van der Waals surface area contributed by atoms with Gasteiger partial charge in [0, 0.05) is 30.4 Å². The van der Waals surface area contributed by atoms with Crippen molar-refractivity contribution >= 4 is 34.3 Å². The Labute approximate surface area is 121 Å². The number of rotatable bonds is 2. The SMILES string of the molecule is CN(C)c1ccc2[nH]c(-c3cc(Cl)ccc3N)nc2n1. The van der Waals surface area contributed by atoms with Gasteiger partial charge in [0.15, 0.2) is 5.65 Å². The lowest BCUT2D eigenvalue weighted by atomic mass is 10.2. The van der Waals surface area contributed by atoms with Gasteiger partial charge in [0.2, 0.25) is 0 Å². The number of hydrogen-bond acceptors (Lipinski definition) is 4. The number of nitrogen functional groups attached to an aromatic ring is 1. The van der Waals surface area contributed by atoms with E-state index in [0.29, 0.717) is 22.2 Å². The molecule has 0 spiro atoms. The lowest BCUT2D eigenvalue weighted by Crippen LogP contribution is -2.10. The predicted octanol–water partition coefficient (Wildman–Crippen LogP) is 2.93. The molecule has 3 N–H and O–H groups in total. The molecule has 0 bridgehead atoms. The maximum atomic E-state index is 6.01. The molecule has 0 saturated carbocycles. The van der Waals surface area contributed by atoms with Crippen molar-refractivity contribution in [2.24, 2.45) is 0 Å². The highest BCUT2D eigenvalue weighted by Gasteiger charge is 2.10. The molecular formula is C14H14ClN5. The van der Waals surface area contributed by atoms with Gasteiger partial charge in [-0.15, -0.1) is 0 Å². The Kier molecular flexibility index (Phi) is 2.99. The quantitative estimate of drug-likeness (QED) is 0.711. The second kappa shape index (κ2) is 4.68. The first-order valence-electron chi connectivity index (χ1n) is 6.14. The van der Waals surface area contributed by atoms with Crippen LogP contribution < -0.4 is 10.6 Å². The number of nitrogens with one attached hydrogen (secondary N) is 1. The molecule has 3 rings (SSSR count). The molecule has 2 aromatic heterocycles. The number of fused-ring (bicyclic) bond motifs is 1. The van der Waals surface area contributed by atoms with Crippen molar-refractivity contribution in [2.75, 3.05) is 24.7 Å². The normalized spacial score (nSPS) is 10.9. The molecular weight excluding hydrogens is 274 g/mol. The fourth-order valence-electron chi connectivity index (χ4n) is 1.99. The Morgan fingerprint density at radius 1 is 1.15 bits per heavy atom. The molecule has 2 heterocycles. The maximum absolute atomic E-state index is 6.01. The van der Waals surface area contributed by atoms with Crippen molar-refractivity contribution in [2.45, 2.75) is 0 Å². The number of halogens is 1. The monoisotopic (exact) mass is 287 g/mol. The first-order chi connectivity index (χ1) is 9.54. The minimum absolute atomic E-state index is 0.622. The summed E-state index contributed by atoms with van der Waals surface area (Å²) in [5.74, 6) is 1.53. The average Bonchev–Trinajstić information content (AvgIpc) is 2.83. The maximum Gasteiger partial charge on any atom is 0.180 e. The van der Waals surface area contributed by atoms with E-state index >= 15 is 0 Å². The van der Waals surface area contributed by atoms with Gasteiger partial charge in [-0.05, 0) is 30.3 Å². The predicted molar refractivity (Wildman–Crippen MR) is 83.1 cm³/mol. The third kappa shape index (κ3) is 2.16. The molecule has 6 heteroatoms. The number of hydrogen-bond donors (Lipinski definition) is 2. The van der Waals surface area contributed by atoms with Crippen molar-refractivity contribution < 1.29 is 0 Å². The van der Waals surface area contributed by atoms with Crippen LogP contribution >= 0.6 is 11.6 Å². The van der Waals surface area contributed by atoms with Crippen molar-refractivity contribution in [3.05, 3.63) is 35.4 Å². The van der Waals surface area contributed by atoms with Crippen molar-refractivity contribution in [3.63, 3.8) is 0 Å². The summed E-state index contributed by atoms with van der Waals surface area (Å²) >= 11 is 6.01. The van der Waals surface area contributed by atoms with Gasteiger partial charge < -0.3 is 15.6 Å². The zero-order valence-electron chi connectivity index (χ0n) is 11.2. The second-order valence-corrected chi connectivity index (χ2v) is 5.19. The topological polar surface area (TPSA) is 70.8 Å². The van der Waals surface area contributed by atoms with Gasteiger partial charge in [0.25, 0.3) is 0 Å². The van der Waals surface area contributed by atoms with Crippen LogP contribution in [-0.4, -0.2) is 29.0 Å². The number of aromatic nitrogens is 3. The Hall–Kier alpha value is -2.27. The number of pyridine rings is 1. The number of benzene rings is 1. The first kappa shape index (κ1) is 12.7. The van der Waals surface area contributed by atoms with E-state index in [2.05, 4.69) is 15.0 Å². The number of imidazole rings is 1. The Morgan fingerprint density at radius 3 is 2.70 bits per heavy atom. The van der Waals surface area contributed by atoms with Crippen LogP contribution in [0.4, 0.5) is 11.5 Å². The summed E-state index contributed by atoms with van der Waals surface area (Å²) in [5, 5.41) is 0.622. The van der Waals surface area contributed by atoms with Crippen LogP contribution in [0, 0.1) is 0 Å². The van der Waals surface area contributed by atoms with Gasteiger partial charge in [-0.3, -0.25) is 0 Å². The summed E-state index contributed by atoms with van der Waals surface area (Å²) in [4.78, 5) is 14.1. The molecule has 0 fully saturated rings. The van der Waals surface area contributed by atoms with E-state index in [1.165, 1.54) is 0 Å². The third-order valence-electron chi connectivity index (χ3n) is 3.06. The minimum Gasteiger partial charge on any atom is -0.398 e. The largest absolute Gasteiger partial charge is 0.398 e. The molecule has 0 aliphatic heterocycles. The average molecular weight is 288 g/mol. The molecule has 0 saturated heterocycles. The highest BCUT2D eigenvalue weighted by atomic mass is 35.5. The Morgan fingerprint density at radius 2 is 1.95 bits per heavy atom. The summed E-state index contributed by atoms with van der Waals surface area (Å²) in [6, 6.07) is 9.21. The van der Waals surface area contributed by atoms with E-state index in [1.807, 2.05) is 31.1 Å². The van der Waals surface area contributed by atoms with Gasteiger partial charge in [-0.2, -0.15) is 0 Å². The van der Waals surface area contributed by atoms with E-state index < -0.39 is 0 Å². The molecule has 0 atom stereocenters. The van der Waals surface area contributed by atoms with Gasteiger partial charge in [-0.1, -0.05) is 11.6 Å². The van der Waals surface area contributed by atoms with Gasteiger partial charge in [0.1, 0.15) is 11.6 Å². The molecule has 0 radical (unpaired) electrons. The molecule has 1 aromatic carbocycles. The summed E-state index contributed by atoms with van der Waals surface area (Å²) in [7, 11) is 3.88. The van der Waals surface area contributed by atoms with E-state index in [0.717, 1.165) is 16.9 Å². The summed E-state index contributed by atoms with van der Waals surface area (Å²) < 4.78 is 0. The Bertz CT molecular complexity index is 778. The fourth-order valence-corrected chi connectivity index (χ4v) is 2.16. The van der Waals surface area contributed by atoms with Crippen LogP contribution in [-0.2, 0) is 0 Å². The lowest BCUT2D eigenvalue weighted by molar-refractivity contribution is 1.08. The van der Waals surface area contributed by atoms with E-state index in [1.54, 1.807) is 18.2 Å². The number of nitrogens with zero attached hydrogens (tertiary/aromatic N) is 3. The minimum atomic E-state index is 0.622. The number of nitrogens with two attached hydrogens (primary N) is 1. The number of H-pyrrole nitrogens is 1. The van der Waals surface area contributed by atoms with Gasteiger partial charge in [-0.25, -0.2) is 9.97 Å². The molecule has 0 aliphatic rings. The van der Waals surface area contributed by atoms with Crippen molar-refractivity contribution in [1.29, 1.82) is 0 Å². The van der Waals surface area contributed by atoms with E-state index in [-0.39, 0.29) is 0 Å². The zero-order valence-corrected chi connectivity index (χ0v) is 11.9. The first-order valence-corrected chi connectivity index (χ1v) is 6.52. The molecule has 20 heavy (non-hydrogen) atoms. The van der Waals surface area contributed by atoms with E-state index in [9.17, 15) is 0 Å². The molecule has 5 nitrogen and oxygen atoms in total. The highest BCUT2D eigenvalue weighted by molar-refractivity contribution is 6.31.